The minimum absolute atomic E-state index is 0.404. The van der Waals surface area contributed by atoms with Crippen LogP contribution in [-0.4, -0.2) is 15.0 Å². The highest BCUT2D eigenvalue weighted by molar-refractivity contribution is 7.98. The first-order valence-corrected chi connectivity index (χ1v) is 5.63. The van der Waals surface area contributed by atoms with Gasteiger partial charge in [-0.05, 0) is 19.9 Å². The summed E-state index contributed by atoms with van der Waals surface area (Å²) in [5.41, 5.74) is 8.10. The predicted octanol–water partition coefficient (Wildman–Crippen LogP) is 1.69. The second-order valence-corrected chi connectivity index (χ2v) is 4.26. The van der Waals surface area contributed by atoms with Crippen molar-refractivity contribution >= 4 is 11.8 Å². The SMILES string of the molecule is Cc1cc(CN)nc(Sc2nc(C)co2)n1. The highest BCUT2D eigenvalue weighted by atomic mass is 32.2. The van der Waals surface area contributed by atoms with Crippen LogP contribution in [0.15, 0.2) is 27.1 Å². The van der Waals surface area contributed by atoms with Gasteiger partial charge in [0.15, 0.2) is 5.16 Å². The van der Waals surface area contributed by atoms with Crippen molar-refractivity contribution in [3.63, 3.8) is 0 Å². The Morgan fingerprint density at radius 1 is 1.25 bits per heavy atom. The third kappa shape index (κ3) is 2.59. The van der Waals surface area contributed by atoms with Gasteiger partial charge in [0.1, 0.15) is 6.26 Å². The minimum Gasteiger partial charge on any atom is -0.439 e. The zero-order valence-electron chi connectivity index (χ0n) is 9.10. The molecule has 0 aliphatic carbocycles. The van der Waals surface area contributed by atoms with Gasteiger partial charge in [0.05, 0.1) is 11.4 Å². The molecule has 0 atom stereocenters. The average molecular weight is 236 g/mol. The molecule has 6 heteroatoms. The summed E-state index contributed by atoms with van der Waals surface area (Å²) < 4.78 is 5.22. The molecule has 16 heavy (non-hydrogen) atoms. The van der Waals surface area contributed by atoms with Crippen molar-refractivity contribution in [2.45, 2.75) is 30.8 Å². The van der Waals surface area contributed by atoms with E-state index in [4.69, 9.17) is 10.2 Å². The summed E-state index contributed by atoms with van der Waals surface area (Å²) in [4.78, 5) is 12.7. The van der Waals surface area contributed by atoms with Crippen molar-refractivity contribution in [3.8, 4) is 0 Å². The quantitative estimate of drug-likeness (QED) is 0.817. The van der Waals surface area contributed by atoms with E-state index in [1.54, 1.807) is 6.26 Å². The predicted molar refractivity (Wildman–Crippen MR) is 60.0 cm³/mol. The number of nitrogens with zero attached hydrogens (tertiary/aromatic N) is 3. The first-order valence-electron chi connectivity index (χ1n) is 4.82. The Bertz CT molecular complexity index is 497. The lowest BCUT2D eigenvalue weighted by Crippen LogP contribution is -2.02. The molecule has 2 aromatic rings. The van der Waals surface area contributed by atoms with Crippen molar-refractivity contribution < 1.29 is 4.42 Å². The molecule has 2 aromatic heterocycles. The van der Waals surface area contributed by atoms with Crippen LogP contribution >= 0.6 is 11.8 Å². The van der Waals surface area contributed by atoms with Crippen molar-refractivity contribution in [1.29, 1.82) is 0 Å². The molecule has 0 unspecified atom stereocenters. The van der Waals surface area contributed by atoms with Crippen LogP contribution in [0.3, 0.4) is 0 Å². The highest BCUT2D eigenvalue weighted by Gasteiger charge is 2.07. The molecule has 0 amide bonds. The number of aromatic nitrogens is 3. The van der Waals surface area contributed by atoms with E-state index in [1.807, 2.05) is 19.9 Å². The second kappa shape index (κ2) is 4.63. The molecule has 2 N–H and O–H groups in total. The smallest absolute Gasteiger partial charge is 0.263 e. The Labute approximate surface area is 97.5 Å². The summed E-state index contributed by atoms with van der Waals surface area (Å²) in [7, 11) is 0. The third-order valence-corrected chi connectivity index (χ3v) is 2.60. The van der Waals surface area contributed by atoms with Gasteiger partial charge in [0, 0.05) is 24.0 Å². The van der Waals surface area contributed by atoms with Gasteiger partial charge >= 0.3 is 0 Å². The van der Waals surface area contributed by atoms with Gasteiger partial charge in [-0.15, -0.1) is 0 Å². The van der Waals surface area contributed by atoms with E-state index >= 15 is 0 Å². The van der Waals surface area contributed by atoms with Gasteiger partial charge in [-0.1, -0.05) is 0 Å². The van der Waals surface area contributed by atoms with E-state index in [0.29, 0.717) is 16.9 Å². The molecular weight excluding hydrogens is 224 g/mol. The lowest BCUT2D eigenvalue weighted by Gasteiger charge is -2.01. The Hall–Kier alpha value is -1.40. The molecule has 0 spiro atoms. The molecular formula is C10H12N4OS. The van der Waals surface area contributed by atoms with E-state index in [0.717, 1.165) is 17.1 Å². The van der Waals surface area contributed by atoms with Crippen molar-refractivity contribution in [3.05, 3.63) is 29.4 Å². The first-order chi connectivity index (χ1) is 7.67. The summed E-state index contributed by atoms with van der Waals surface area (Å²) >= 11 is 1.30. The van der Waals surface area contributed by atoms with E-state index in [2.05, 4.69) is 15.0 Å². The van der Waals surface area contributed by atoms with Crippen LogP contribution in [0.1, 0.15) is 17.1 Å². The molecule has 0 saturated carbocycles. The topological polar surface area (TPSA) is 77.8 Å². The number of hydrogen-bond acceptors (Lipinski definition) is 6. The Morgan fingerprint density at radius 2 is 2.06 bits per heavy atom. The van der Waals surface area contributed by atoms with Crippen LogP contribution in [0.4, 0.5) is 0 Å². The maximum absolute atomic E-state index is 5.55. The maximum atomic E-state index is 5.55. The lowest BCUT2D eigenvalue weighted by molar-refractivity contribution is 0.453. The van der Waals surface area contributed by atoms with Crippen LogP contribution in [0, 0.1) is 13.8 Å². The summed E-state index contributed by atoms with van der Waals surface area (Å²) in [5, 5.41) is 1.16. The molecule has 2 rings (SSSR count). The van der Waals surface area contributed by atoms with Gasteiger partial charge < -0.3 is 10.2 Å². The highest BCUT2D eigenvalue weighted by Crippen LogP contribution is 2.23. The third-order valence-electron chi connectivity index (χ3n) is 1.87. The Morgan fingerprint density at radius 3 is 2.69 bits per heavy atom. The number of oxazole rings is 1. The molecule has 84 valence electrons. The van der Waals surface area contributed by atoms with Gasteiger partial charge in [-0.3, -0.25) is 0 Å². The lowest BCUT2D eigenvalue weighted by atomic mass is 10.3. The number of nitrogens with two attached hydrogens (primary N) is 1. The minimum atomic E-state index is 0.404. The molecule has 0 aliphatic heterocycles. The van der Waals surface area contributed by atoms with Crippen molar-refractivity contribution in [2.24, 2.45) is 5.73 Å². The molecule has 0 aliphatic rings. The van der Waals surface area contributed by atoms with Crippen LogP contribution in [0.5, 0.6) is 0 Å². The standard InChI is InChI=1S/C10H12N4OS/c1-6-3-8(4-11)14-9(12-6)16-10-13-7(2)5-15-10/h3,5H,4,11H2,1-2H3. The van der Waals surface area contributed by atoms with E-state index in [1.165, 1.54) is 11.8 Å². The van der Waals surface area contributed by atoms with Gasteiger partial charge in [-0.25, -0.2) is 15.0 Å². The Balaban J connectivity index is 2.24. The average Bonchev–Trinajstić information content (AvgIpc) is 2.63. The Kier molecular flexibility index (Phi) is 3.21. The second-order valence-electron chi connectivity index (χ2n) is 3.34. The largest absolute Gasteiger partial charge is 0.439 e. The fraction of sp³-hybridized carbons (Fsp3) is 0.300. The summed E-state index contributed by atoms with van der Waals surface area (Å²) in [5.74, 6) is 0. The fourth-order valence-corrected chi connectivity index (χ4v) is 2.01. The molecule has 0 radical (unpaired) electrons. The van der Waals surface area contributed by atoms with Crippen LogP contribution in [0.25, 0.3) is 0 Å². The summed E-state index contributed by atoms with van der Waals surface area (Å²) in [6, 6.07) is 1.87. The molecule has 0 saturated heterocycles. The van der Waals surface area contributed by atoms with E-state index in [9.17, 15) is 0 Å². The van der Waals surface area contributed by atoms with E-state index in [-0.39, 0.29) is 0 Å². The van der Waals surface area contributed by atoms with Gasteiger partial charge in [-0.2, -0.15) is 0 Å². The summed E-state index contributed by atoms with van der Waals surface area (Å²) in [6.45, 7) is 4.18. The van der Waals surface area contributed by atoms with Crippen molar-refractivity contribution in [1.82, 2.24) is 15.0 Å². The molecule has 0 fully saturated rings. The molecule has 2 heterocycles. The molecule has 5 nitrogen and oxygen atoms in total. The van der Waals surface area contributed by atoms with Gasteiger partial charge in [0.2, 0.25) is 0 Å². The monoisotopic (exact) mass is 236 g/mol. The van der Waals surface area contributed by atoms with Crippen LogP contribution in [-0.2, 0) is 6.54 Å². The molecule has 0 aromatic carbocycles. The molecule has 0 bridgehead atoms. The zero-order valence-corrected chi connectivity index (χ0v) is 9.91. The van der Waals surface area contributed by atoms with Crippen LogP contribution in [0.2, 0.25) is 0 Å². The van der Waals surface area contributed by atoms with Crippen LogP contribution < -0.4 is 5.73 Å². The fourth-order valence-electron chi connectivity index (χ4n) is 1.21. The van der Waals surface area contributed by atoms with Gasteiger partial charge in [0.25, 0.3) is 5.22 Å². The van der Waals surface area contributed by atoms with E-state index < -0.39 is 0 Å². The number of hydrogen-bond donors (Lipinski definition) is 1. The number of rotatable bonds is 3. The number of aryl methyl sites for hydroxylation is 2. The van der Waals surface area contributed by atoms with Crippen molar-refractivity contribution in [2.75, 3.05) is 0 Å². The maximum Gasteiger partial charge on any atom is 0.263 e. The summed E-state index contributed by atoms with van der Waals surface area (Å²) in [6.07, 6.45) is 1.60. The zero-order chi connectivity index (χ0) is 11.5. The normalized spacial score (nSPS) is 10.7. The first kappa shape index (κ1) is 11.1.